The van der Waals surface area contributed by atoms with Gasteiger partial charge in [-0.15, -0.1) is 6.58 Å². The van der Waals surface area contributed by atoms with E-state index in [4.69, 9.17) is 0 Å². The van der Waals surface area contributed by atoms with Gasteiger partial charge in [-0.05, 0) is 24.1 Å². The largest absolute Gasteiger partial charge is 0.471 e. The van der Waals surface area contributed by atoms with E-state index in [9.17, 15) is 18.0 Å². The van der Waals surface area contributed by atoms with Gasteiger partial charge in [-0.1, -0.05) is 25.2 Å². The van der Waals surface area contributed by atoms with Gasteiger partial charge in [0.25, 0.3) is 0 Å². The maximum Gasteiger partial charge on any atom is 0.471 e. The van der Waals surface area contributed by atoms with E-state index in [2.05, 4.69) is 11.6 Å². The van der Waals surface area contributed by atoms with Crippen LogP contribution in [0.15, 0.2) is 53.3 Å². The lowest BCUT2D eigenvalue weighted by atomic mass is 9.87. The molecule has 1 amide bonds. The molecule has 0 saturated carbocycles. The van der Waals surface area contributed by atoms with Crippen LogP contribution in [0.3, 0.4) is 0 Å². The summed E-state index contributed by atoms with van der Waals surface area (Å²) >= 11 is 0. The normalized spacial score (nSPS) is 24.5. The number of carbonyl (C=O) groups is 1. The minimum Gasteiger partial charge on any atom is -0.303 e. The van der Waals surface area contributed by atoms with Gasteiger partial charge < -0.3 is 5.32 Å². The summed E-state index contributed by atoms with van der Waals surface area (Å²) in [5.74, 6) is -2.12. The monoisotopic (exact) mass is 296 g/mol. The van der Waals surface area contributed by atoms with E-state index >= 15 is 0 Å². The predicted molar refractivity (Wildman–Crippen MR) is 74.4 cm³/mol. The SMILES string of the molecule is C=CCC1=CC2C=C(NC(=O)C(F)(F)F)N=C(C=C1)C2C. The second-order valence-electron chi connectivity index (χ2n) is 4.97. The Labute approximate surface area is 120 Å². The summed E-state index contributed by atoms with van der Waals surface area (Å²) in [6.45, 7) is 5.61. The average molecular weight is 296 g/mol. The molecular weight excluding hydrogens is 281 g/mol. The molecule has 112 valence electrons. The van der Waals surface area contributed by atoms with Gasteiger partial charge in [0.2, 0.25) is 0 Å². The van der Waals surface area contributed by atoms with E-state index in [1.807, 2.05) is 24.4 Å². The number of aliphatic imine (C=N–C) groups is 1. The average Bonchev–Trinajstić information content (AvgIpc) is 2.47. The topological polar surface area (TPSA) is 41.5 Å². The Bertz CT molecular complexity index is 582. The Morgan fingerprint density at radius 1 is 1.43 bits per heavy atom. The van der Waals surface area contributed by atoms with Crippen LogP contribution in [0.1, 0.15) is 13.3 Å². The van der Waals surface area contributed by atoms with Gasteiger partial charge in [-0.3, -0.25) is 4.79 Å². The number of hydrogen-bond donors (Lipinski definition) is 1. The molecule has 21 heavy (non-hydrogen) atoms. The van der Waals surface area contributed by atoms with Crippen molar-refractivity contribution >= 4 is 11.6 Å². The van der Waals surface area contributed by atoms with Gasteiger partial charge in [0.05, 0.1) is 0 Å². The van der Waals surface area contributed by atoms with Gasteiger partial charge in [0.1, 0.15) is 5.82 Å². The van der Waals surface area contributed by atoms with Crippen LogP contribution < -0.4 is 5.32 Å². The number of alkyl halides is 3. The van der Waals surface area contributed by atoms with E-state index in [0.717, 1.165) is 5.57 Å². The third-order valence-electron chi connectivity index (χ3n) is 3.40. The summed E-state index contributed by atoms with van der Waals surface area (Å²) < 4.78 is 36.9. The van der Waals surface area contributed by atoms with Crippen molar-refractivity contribution in [2.75, 3.05) is 0 Å². The van der Waals surface area contributed by atoms with Crippen molar-refractivity contribution in [3.63, 3.8) is 0 Å². The molecule has 1 aliphatic carbocycles. The van der Waals surface area contributed by atoms with Gasteiger partial charge in [0, 0.05) is 17.5 Å². The van der Waals surface area contributed by atoms with E-state index < -0.39 is 12.1 Å². The van der Waals surface area contributed by atoms with Crippen molar-refractivity contribution in [3.8, 4) is 0 Å². The Kier molecular flexibility index (Phi) is 4.16. The fraction of sp³-hybridized carbons (Fsp3) is 0.333. The molecule has 0 saturated heterocycles. The second-order valence-corrected chi connectivity index (χ2v) is 4.97. The van der Waals surface area contributed by atoms with Crippen LogP contribution in [-0.2, 0) is 4.79 Å². The minimum absolute atomic E-state index is 0.0510. The van der Waals surface area contributed by atoms with Gasteiger partial charge in [-0.25, -0.2) is 4.99 Å². The van der Waals surface area contributed by atoms with Crippen LogP contribution in [0.5, 0.6) is 0 Å². The van der Waals surface area contributed by atoms with Crippen molar-refractivity contribution in [2.45, 2.75) is 19.5 Å². The number of allylic oxidation sites excluding steroid dienone is 6. The van der Waals surface area contributed by atoms with Crippen molar-refractivity contribution in [3.05, 3.63) is 48.4 Å². The Balaban J connectivity index is 2.27. The summed E-state index contributed by atoms with van der Waals surface area (Å²) in [7, 11) is 0. The molecular formula is C15H15F3N2O. The summed E-state index contributed by atoms with van der Waals surface area (Å²) in [5, 5.41) is 1.81. The van der Waals surface area contributed by atoms with Gasteiger partial charge in [0.15, 0.2) is 0 Å². The molecule has 2 atom stereocenters. The molecule has 0 aromatic carbocycles. The molecule has 0 fully saturated rings. The molecule has 1 N–H and O–H groups in total. The Morgan fingerprint density at radius 3 is 2.76 bits per heavy atom. The van der Waals surface area contributed by atoms with Crippen LogP contribution >= 0.6 is 0 Å². The fourth-order valence-corrected chi connectivity index (χ4v) is 2.24. The van der Waals surface area contributed by atoms with E-state index in [-0.39, 0.29) is 17.7 Å². The fourth-order valence-electron chi connectivity index (χ4n) is 2.24. The summed E-state index contributed by atoms with van der Waals surface area (Å²) in [4.78, 5) is 15.1. The molecule has 2 aliphatic rings. The van der Waals surface area contributed by atoms with Crippen molar-refractivity contribution < 1.29 is 18.0 Å². The van der Waals surface area contributed by atoms with Crippen molar-refractivity contribution in [2.24, 2.45) is 16.8 Å². The predicted octanol–water partition coefficient (Wildman–Crippen LogP) is 3.29. The highest BCUT2D eigenvalue weighted by atomic mass is 19.4. The van der Waals surface area contributed by atoms with Crippen LogP contribution in [-0.4, -0.2) is 17.8 Å². The minimum atomic E-state index is -4.92. The molecule has 2 bridgehead atoms. The molecule has 6 heteroatoms. The lowest BCUT2D eigenvalue weighted by Crippen LogP contribution is -2.37. The third-order valence-corrected chi connectivity index (χ3v) is 3.40. The number of nitrogens with zero attached hydrogens (tertiary/aromatic N) is 1. The highest BCUT2D eigenvalue weighted by Gasteiger charge is 2.39. The molecule has 1 aliphatic heterocycles. The quantitative estimate of drug-likeness (QED) is 0.798. The number of nitrogens with one attached hydrogen (secondary N) is 1. The van der Waals surface area contributed by atoms with Gasteiger partial charge >= 0.3 is 12.1 Å². The smallest absolute Gasteiger partial charge is 0.303 e. The third kappa shape index (κ3) is 3.51. The first kappa shape index (κ1) is 15.3. The van der Waals surface area contributed by atoms with E-state index in [1.54, 1.807) is 18.2 Å². The maximum atomic E-state index is 12.3. The van der Waals surface area contributed by atoms with Crippen LogP contribution in [0.2, 0.25) is 0 Å². The highest BCUT2D eigenvalue weighted by Crippen LogP contribution is 2.29. The molecule has 0 aromatic rings. The zero-order chi connectivity index (χ0) is 15.6. The van der Waals surface area contributed by atoms with Crippen LogP contribution in [0, 0.1) is 11.8 Å². The molecule has 3 nitrogen and oxygen atoms in total. The maximum absolute atomic E-state index is 12.3. The molecule has 1 heterocycles. The van der Waals surface area contributed by atoms with Crippen LogP contribution in [0.25, 0.3) is 0 Å². The van der Waals surface area contributed by atoms with Crippen molar-refractivity contribution in [1.82, 2.24) is 5.32 Å². The first-order chi connectivity index (χ1) is 9.81. The zero-order valence-corrected chi connectivity index (χ0v) is 11.4. The summed E-state index contributed by atoms with van der Waals surface area (Å²) in [5.41, 5.74) is 1.67. The van der Waals surface area contributed by atoms with Crippen molar-refractivity contribution in [1.29, 1.82) is 0 Å². The molecule has 0 radical (unpaired) electrons. The first-order valence-electron chi connectivity index (χ1n) is 6.49. The van der Waals surface area contributed by atoms with Gasteiger partial charge in [-0.2, -0.15) is 13.2 Å². The molecule has 0 spiro atoms. The van der Waals surface area contributed by atoms with E-state index in [0.29, 0.717) is 12.1 Å². The molecule has 0 aromatic heterocycles. The second kappa shape index (κ2) is 5.71. The number of carbonyl (C=O) groups excluding carboxylic acids is 1. The number of hydrogen-bond acceptors (Lipinski definition) is 2. The number of amides is 1. The van der Waals surface area contributed by atoms with E-state index in [1.165, 1.54) is 0 Å². The highest BCUT2D eigenvalue weighted by molar-refractivity contribution is 5.99. The Hall–Kier alpha value is -2.11. The molecule has 2 rings (SSSR count). The lowest BCUT2D eigenvalue weighted by molar-refractivity contribution is -0.172. The summed E-state index contributed by atoms with van der Waals surface area (Å²) in [6.07, 6.45) is 4.66. The standard InChI is InChI=1S/C15H15F3N2O/c1-3-4-10-5-6-12-9(2)11(7-10)8-13(19-12)20-14(21)15(16,17)18/h3,5-9,11H,1,4H2,2H3,(H,20,21). The summed E-state index contributed by atoms with van der Waals surface area (Å²) in [6, 6.07) is 0. The lowest BCUT2D eigenvalue weighted by Gasteiger charge is -2.23. The number of fused-ring (bicyclic) bond motifs is 2. The number of halogens is 3. The molecule has 2 unspecified atom stereocenters. The Morgan fingerprint density at radius 2 is 2.14 bits per heavy atom. The number of rotatable bonds is 3. The van der Waals surface area contributed by atoms with Crippen LogP contribution in [0.4, 0.5) is 13.2 Å². The zero-order valence-electron chi connectivity index (χ0n) is 11.4. The first-order valence-corrected chi connectivity index (χ1v) is 6.49.